The number of aromatic amines is 1. The van der Waals surface area contributed by atoms with Crippen LogP contribution in [-0.4, -0.2) is 78.3 Å². The second kappa shape index (κ2) is 6.63. The molecule has 0 aliphatic carbocycles. The summed E-state index contributed by atoms with van der Waals surface area (Å²) in [4.78, 5) is 0. The zero-order valence-electron chi connectivity index (χ0n) is 12.4. The van der Waals surface area contributed by atoms with Crippen molar-refractivity contribution in [3.63, 3.8) is 0 Å². The fourth-order valence-electron chi connectivity index (χ4n) is 2.96. The highest BCUT2D eigenvalue weighted by molar-refractivity contribution is 7.86. The number of morpholine rings is 1. The van der Waals surface area contributed by atoms with Crippen LogP contribution in [0.15, 0.2) is 6.07 Å². The van der Waals surface area contributed by atoms with Crippen molar-refractivity contribution in [1.29, 1.82) is 0 Å². The fourth-order valence-corrected chi connectivity index (χ4v) is 4.60. The zero-order chi connectivity index (χ0) is 15.6. The molecule has 0 amide bonds. The van der Waals surface area contributed by atoms with E-state index in [2.05, 4.69) is 10.2 Å². The molecule has 0 saturated carbocycles. The first-order valence-electron chi connectivity index (χ1n) is 7.59. The van der Waals surface area contributed by atoms with Gasteiger partial charge in [0.15, 0.2) is 0 Å². The number of rotatable bonds is 5. The van der Waals surface area contributed by atoms with Crippen molar-refractivity contribution in [3.05, 3.63) is 17.5 Å². The molecule has 2 saturated heterocycles. The van der Waals surface area contributed by atoms with Gasteiger partial charge in [0, 0.05) is 50.8 Å². The molecule has 0 radical (unpaired) electrons. The molecular formula is C13H22N4O4S. The number of ether oxygens (including phenoxy) is 1. The van der Waals surface area contributed by atoms with Gasteiger partial charge in [-0.1, -0.05) is 0 Å². The van der Waals surface area contributed by atoms with Crippen LogP contribution in [0.3, 0.4) is 0 Å². The summed E-state index contributed by atoms with van der Waals surface area (Å²) in [6.45, 7) is 2.82. The maximum absolute atomic E-state index is 12.6. The van der Waals surface area contributed by atoms with E-state index < -0.39 is 10.2 Å². The largest absolute Gasteiger partial charge is 0.396 e. The first-order chi connectivity index (χ1) is 10.6. The Labute approximate surface area is 130 Å². The Bertz CT molecular complexity index is 597. The lowest BCUT2D eigenvalue weighted by atomic mass is 10.0. The molecule has 1 aromatic rings. The number of nitrogens with one attached hydrogen (secondary N) is 1. The second-order valence-corrected chi connectivity index (χ2v) is 7.58. The van der Waals surface area contributed by atoms with E-state index in [9.17, 15) is 8.42 Å². The summed E-state index contributed by atoms with van der Waals surface area (Å²) >= 11 is 0. The van der Waals surface area contributed by atoms with Gasteiger partial charge in [0.05, 0.1) is 18.9 Å². The van der Waals surface area contributed by atoms with Gasteiger partial charge < -0.3 is 9.84 Å². The third-order valence-corrected chi connectivity index (χ3v) is 6.23. The van der Waals surface area contributed by atoms with E-state index in [4.69, 9.17) is 9.84 Å². The van der Waals surface area contributed by atoms with Crippen LogP contribution in [0, 0.1) is 0 Å². The van der Waals surface area contributed by atoms with E-state index in [0.29, 0.717) is 45.8 Å². The zero-order valence-corrected chi connectivity index (χ0v) is 13.3. The molecule has 2 aliphatic rings. The lowest BCUT2D eigenvalue weighted by molar-refractivity contribution is 0.0705. The van der Waals surface area contributed by atoms with Gasteiger partial charge in [-0.05, 0) is 12.5 Å². The van der Waals surface area contributed by atoms with Crippen LogP contribution >= 0.6 is 0 Å². The molecule has 2 aliphatic heterocycles. The Morgan fingerprint density at radius 2 is 2.09 bits per heavy atom. The number of aliphatic hydroxyl groups excluding tert-OH is 1. The van der Waals surface area contributed by atoms with Crippen molar-refractivity contribution < 1.29 is 18.3 Å². The molecule has 1 atom stereocenters. The molecule has 8 nitrogen and oxygen atoms in total. The minimum Gasteiger partial charge on any atom is -0.396 e. The summed E-state index contributed by atoms with van der Waals surface area (Å²) in [5.41, 5.74) is 1.76. The van der Waals surface area contributed by atoms with Crippen LogP contribution in [0.2, 0.25) is 0 Å². The van der Waals surface area contributed by atoms with E-state index >= 15 is 0 Å². The molecule has 0 bridgehead atoms. The Balaban J connectivity index is 1.65. The van der Waals surface area contributed by atoms with Crippen molar-refractivity contribution in [3.8, 4) is 0 Å². The number of aromatic nitrogens is 2. The van der Waals surface area contributed by atoms with Crippen LogP contribution in [0.25, 0.3) is 0 Å². The number of hydrogen-bond donors (Lipinski definition) is 2. The van der Waals surface area contributed by atoms with Crippen LogP contribution in [0.4, 0.5) is 0 Å². The SMILES string of the molecule is O=S(=O)(N1CCOCC1)N1CCC(c2cc(CCO)[nH]n2)C1. The Morgan fingerprint density at radius 3 is 2.82 bits per heavy atom. The highest BCUT2D eigenvalue weighted by atomic mass is 32.2. The molecule has 0 spiro atoms. The van der Waals surface area contributed by atoms with Crippen molar-refractivity contribution >= 4 is 10.2 Å². The first kappa shape index (κ1) is 15.9. The van der Waals surface area contributed by atoms with E-state index in [1.54, 1.807) is 4.31 Å². The summed E-state index contributed by atoms with van der Waals surface area (Å²) in [5, 5.41) is 16.1. The minimum atomic E-state index is -3.40. The van der Waals surface area contributed by atoms with Crippen molar-refractivity contribution in [2.75, 3.05) is 46.0 Å². The van der Waals surface area contributed by atoms with Gasteiger partial charge in [-0.15, -0.1) is 0 Å². The molecule has 22 heavy (non-hydrogen) atoms. The standard InChI is InChI=1S/C13H22N4O4S/c18-6-2-12-9-13(15-14-12)11-1-3-17(10-11)22(19,20)16-4-7-21-8-5-16/h9,11,18H,1-8,10H2,(H,14,15). The lowest BCUT2D eigenvalue weighted by Gasteiger charge is -2.30. The number of nitrogens with zero attached hydrogens (tertiary/aromatic N) is 3. The van der Waals surface area contributed by atoms with Gasteiger partial charge in [0.2, 0.25) is 0 Å². The number of hydrogen-bond acceptors (Lipinski definition) is 5. The fraction of sp³-hybridized carbons (Fsp3) is 0.769. The third-order valence-electron chi connectivity index (χ3n) is 4.22. The summed E-state index contributed by atoms with van der Waals surface area (Å²) in [6, 6.07) is 1.92. The van der Waals surface area contributed by atoms with Crippen molar-refractivity contribution in [2.45, 2.75) is 18.8 Å². The molecule has 1 unspecified atom stereocenters. The van der Waals surface area contributed by atoms with E-state index in [0.717, 1.165) is 17.8 Å². The molecule has 2 N–H and O–H groups in total. The summed E-state index contributed by atoms with van der Waals surface area (Å²) in [6.07, 6.45) is 1.31. The second-order valence-electron chi connectivity index (χ2n) is 5.65. The van der Waals surface area contributed by atoms with Gasteiger partial charge in [-0.25, -0.2) is 0 Å². The molecular weight excluding hydrogens is 308 g/mol. The molecule has 3 heterocycles. The lowest BCUT2D eigenvalue weighted by Crippen LogP contribution is -2.47. The van der Waals surface area contributed by atoms with Crippen LogP contribution in [0.5, 0.6) is 0 Å². The van der Waals surface area contributed by atoms with Gasteiger partial charge in [0.1, 0.15) is 0 Å². The van der Waals surface area contributed by atoms with Crippen molar-refractivity contribution in [1.82, 2.24) is 18.8 Å². The molecule has 2 fully saturated rings. The Hall–Kier alpha value is -1.00. The molecule has 9 heteroatoms. The first-order valence-corrected chi connectivity index (χ1v) is 8.99. The van der Waals surface area contributed by atoms with Crippen LogP contribution in [0.1, 0.15) is 23.7 Å². The topological polar surface area (TPSA) is 98.8 Å². The molecule has 1 aromatic heterocycles. The predicted molar refractivity (Wildman–Crippen MR) is 79.6 cm³/mol. The quantitative estimate of drug-likeness (QED) is 0.745. The minimum absolute atomic E-state index is 0.0732. The van der Waals surface area contributed by atoms with Crippen LogP contribution in [-0.2, 0) is 21.4 Å². The van der Waals surface area contributed by atoms with Gasteiger partial charge >= 0.3 is 0 Å². The van der Waals surface area contributed by atoms with Crippen LogP contribution < -0.4 is 0 Å². The smallest absolute Gasteiger partial charge is 0.282 e. The third kappa shape index (κ3) is 3.18. The molecule has 124 valence electrons. The van der Waals surface area contributed by atoms with Crippen molar-refractivity contribution in [2.24, 2.45) is 0 Å². The normalized spacial score (nSPS) is 24.9. The van der Waals surface area contributed by atoms with E-state index in [1.807, 2.05) is 6.07 Å². The monoisotopic (exact) mass is 330 g/mol. The Kier molecular flexibility index (Phi) is 4.79. The predicted octanol–water partition coefficient (Wildman–Crippen LogP) is -0.689. The molecule has 0 aromatic carbocycles. The Morgan fingerprint density at radius 1 is 1.32 bits per heavy atom. The summed E-state index contributed by atoms with van der Waals surface area (Å²) in [5.74, 6) is 0.111. The van der Waals surface area contributed by atoms with Gasteiger partial charge in [0.25, 0.3) is 10.2 Å². The average molecular weight is 330 g/mol. The molecule has 3 rings (SSSR count). The van der Waals surface area contributed by atoms with E-state index in [-0.39, 0.29) is 12.5 Å². The van der Waals surface area contributed by atoms with Gasteiger partial charge in [-0.2, -0.15) is 22.1 Å². The average Bonchev–Trinajstić information content (AvgIpc) is 3.17. The highest BCUT2D eigenvalue weighted by Gasteiger charge is 2.37. The number of aliphatic hydroxyl groups is 1. The summed E-state index contributed by atoms with van der Waals surface area (Å²) in [7, 11) is -3.40. The highest BCUT2D eigenvalue weighted by Crippen LogP contribution is 2.29. The van der Waals surface area contributed by atoms with E-state index in [1.165, 1.54) is 4.31 Å². The maximum Gasteiger partial charge on any atom is 0.282 e. The van der Waals surface area contributed by atoms with Gasteiger partial charge in [-0.3, -0.25) is 5.10 Å². The summed E-state index contributed by atoms with van der Waals surface area (Å²) < 4.78 is 33.5. The number of H-pyrrole nitrogens is 1. The maximum atomic E-state index is 12.6.